The summed E-state index contributed by atoms with van der Waals surface area (Å²) in [6, 6.07) is 0.574. The number of carbonyl (C=O) groups excluding carboxylic acids is 1. The molecule has 1 atom stereocenters. The van der Waals surface area contributed by atoms with Gasteiger partial charge in [-0.05, 0) is 25.8 Å². The number of ether oxygens (including phenoxy) is 1. The summed E-state index contributed by atoms with van der Waals surface area (Å²) < 4.78 is 6.68. The third-order valence-corrected chi connectivity index (χ3v) is 4.41. The fourth-order valence-corrected chi connectivity index (χ4v) is 3.25. The molecule has 4 N–H and O–H groups in total. The fourth-order valence-electron chi connectivity index (χ4n) is 3.25. The summed E-state index contributed by atoms with van der Waals surface area (Å²) in [6.45, 7) is 1.85. The Labute approximate surface area is 124 Å². The molecule has 0 aromatic carbocycles. The summed E-state index contributed by atoms with van der Waals surface area (Å²) in [5, 5.41) is 11.2. The van der Waals surface area contributed by atoms with Crippen molar-refractivity contribution in [1.82, 2.24) is 15.1 Å². The number of anilines is 2. The maximum absolute atomic E-state index is 12.0. The second-order valence-electron chi connectivity index (χ2n) is 5.82. The minimum absolute atomic E-state index is 0.278. The van der Waals surface area contributed by atoms with Crippen LogP contribution in [0.1, 0.15) is 48.5 Å². The summed E-state index contributed by atoms with van der Waals surface area (Å²) in [5.41, 5.74) is 6.55. The smallest absolute Gasteiger partial charge is 0.345 e. The van der Waals surface area contributed by atoms with Crippen LogP contribution in [0.2, 0.25) is 0 Å². The van der Waals surface area contributed by atoms with Crippen molar-refractivity contribution in [1.29, 1.82) is 0 Å². The van der Waals surface area contributed by atoms with Crippen LogP contribution >= 0.6 is 0 Å². The van der Waals surface area contributed by atoms with E-state index in [2.05, 4.69) is 15.7 Å². The maximum atomic E-state index is 12.0. The van der Waals surface area contributed by atoms with Crippen LogP contribution in [0.25, 0.3) is 0 Å². The van der Waals surface area contributed by atoms with Gasteiger partial charge < -0.3 is 21.1 Å². The third kappa shape index (κ3) is 2.70. The second kappa shape index (κ2) is 5.93. The first-order chi connectivity index (χ1) is 10.2. The average molecular weight is 293 g/mol. The second-order valence-corrected chi connectivity index (χ2v) is 5.82. The number of nitrogens with zero attached hydrogens (tertiary/aromatic N) is 2. The van der Waals surface area contributed by atoms with E-state index in [0.717, 1.165) is 32.4 Å². The number of nitrogens with two attached hydrogens (primary N) is 1. The maximum Gasteiger partial charge on any atom is 0.345 e. The van der Waals surface area contributed by atoms with Crippen molar-refractivity contribution in [3.8, 4) is 0 Å². The number of carbonyl (C=O) groups is 1. The summed E-state index contributed by atoms with van der Waals surface area (Å²) in [4.78, 5) is 12.0. The molecule has 7 heteroatoms. The van der Waals surface area contributed by atoms with Gasteiger partial charge in [0.2, 0.25) is 0 Å². The third-order valence-electron chi connectivity index (χ3n) is 4.41. The van der Waals surface area contributed by atoms with Crippen LogP contribution in [-0.4, -0.2) is 42.0 Å². The van der Waals surface area contributed by atoms with Gasteiger partial charge in [0.25, 0.3) is 0 Å². The van der Waals surface area contributed by atoms with E-state index in [4.69, 9.17) is 10.5 Å². The summed E-state index contributed by atoms with van der Waals surface area (Å²) in [7, 11) is 1.37. The van der Waals surface area contributed by atoms with Crippen LogP contribution in [0, 0.1) is 0 Å². The summed E-state index contributed by atoms with van der Waals surface area (Å²) >= 11 is 0. The van der Waals surface area contributed by atoms with Gasteiger partial charge in [-0.15, -0.1) is 0 Å². The molecule has 2 heterocycles. The van der Waals surface area contributed by atoms with Gasteiger partial charge in [0.1, 0.15) is 11.4 Å². The van der Waals surface area contributed by atoms with E-state index in [-0.39, 0.29) is 6.04 Å². The van der Waals surface area contributed by atoms with Crippen molar-refractivity contribution in [2.45, 2.75) is 44.2 Å². The van der Waals surface area contributed by atoms with E-state index in [9.17, 15) is 4.79 Å². The highest BCUT2D eigenvalue weighted by Crippen LogP contribution is 2.34. The Morgan fingerprint density at radius 2 is 2.19 bits per heavy atom. The Morgan fingerprint density at radius 1 is 1.43 bits per heavy atom. The summed E-state index contributed by atoms with van der Waals surface area (Å²) in [6.07, 6.45) is 5.52. The molecule has 1 saturated heterocycles. The zero-order chi connectivity index (χ0) is 14.8. The standard InChI is InChI=1S/C14H23N5O2/c1-21-14(20)11-12(15)19(10-4-2-3-5-10)18-13(11)17-9-6-7-16-8-9/h9-10,16H,2-8,15H2,1H3,(H,17,18). The van der Waals surface area contributed by atoms with Crippen LogP contribution in [-0.2, 0) is 4.74 Å². The number of rotatable bonds is 4. The van der Waals surface area contributed by atoms with Crippen molar-refractivity contribution in [3.63, 3.8) is 0 Å². The molecule has 2 aliphatic rings. The highest BCUT2D eigenvalue weighted by atomic mass is 16.5. The number of hydrogen-bond donors (Lipinski definition) is 3. The molecule has 0 amide bonds. The Hall–Kier alpha value is -1.76. The van der Waals surface area contributed by atoms with Crippen molar-refractivity contribution >= 4 is 17.6 Å². The number of hydrogen-bond acceptors (Lipinski definition) is 6. The number of nitrogen functional groups attached to an aromatic ring is 1. The molecular weight excluding hydrogens is 270 g/mol. The van der Waals surface area contributed by atoms with Gasteiger partial charge >= 0.3 is 5.97 Å². The normalized spacial score (nSPS) is 22.6. The van der Waals surface area contributed by atoms with E-state index in [1.807, 2.05) is 4.68 Å². The number of aromatic nitrogens is 2. The monoisotopic (exact) mass is 293 g/mol. The number of methoxy groups -OCH3 is 1. The van der Waals surface area contributed by atoms with E-state index in [1.54, 1.807) is 0 Å². The Kier molecular flexibility index (Phi) is 4.01. The van der Waals surface area contributed by atoms with Gasteiger partial charge in [-0.25, -0.2) is 9.48 Å². The topological polar surface area (TPSA) is 94.2 Å². The molecule has 0 radical (unpaired) electrons. The highest BCUT2D eigenvalue weighted by molar-refractivity contribution is 5.99. The van der Waals surface area contributed by atoms with Gasteiger partial charge in [0.15, 0.2) is 5.82 Å². The van der Waals surface area contributed by atoms with E-state index >= 15 is 0 Å². The highest BCUT2D eigenvalue weighted by Gasteiger charge is 2.29. The summed E-state index contributed by atoms with van der Waals surface area (Å²) in [5.74, 6) is 0.548. The van der Waals surface area contributed by atoms with E-state index in [1.165, 1.54) is 20.0 Å². The number of esters is 1. The largest absolute Gasteiger partial charge is 0.465 e. The Balaban J connectivity index is 1.91. The molecule has 7 nitrogen and oxygen atoms in total. The average Bonchev–Trinajstić information content (AvgIpc) is 3.20. The van der Waals surface area contributed by atoms with Gasteiger partial charge in [0.05, 0.1) is 13.2 Å². The SMILES string of the molecule is COC(=O)c1c(NC2CCNC2)nn(C2CCCC2)c1N. The first kappa shape index (κ1) is 14.2. The van der Waals surface area contributed by atoms with Crippen molar-refractivity contribution in [2.75, 3.05) is 31.2 Å². The lowest BCUT2D eigenvalue weighted by atomic mass is 10.2. The quantitative estimate of drug-likeness (QED) is 0.721. The van der Waals surface area contributed by atoms with Gasteiger partial charge in [-0.2, -0.15) is 5.10 Å². The molecule has 0 spiro atoms. The van der Waals surface area contributed by atoms with Gasteiger partial charge in [-0.1, -0.05) is 12.8 Å². The van der Waals surface area contributed by atoms with Crippen molar-refractivity contribution < 1.29 is 9.53 Å². The molecular formula is C14H23N5O2. The zero-order valence-electron chi connectivity index (χ0n) is 12.4. The van der Waals surface area contributed by atoms with E-state index < -0.39 is 5.97 Å². The van der Waals surface area contributed by atoms with Gasteiger partial charge in [0, 0.05) is 12.6 Å². The zero-order valence-corrected chi connectivity index (χ0v) is 12.4. The van der Waals surface area contributed by atoms with Crippen LogP contribution in [0.4, 0.5) is 11.6 Å². The molecule has 0 bridgehead atoms. The number of nitrogens with one attached hydrogen (secondary N) is 2. The molecule has 2 fully saturated rings. The van der Waals surface area contributed by atoms with Crippen LogP contribution in [0.5, 0.6) is 0 Å². The van der Waals surface area contributed by atoms with Crippen LogP contribution in [0.15, 0.2) is 0 Å². The molecule has 21 heavy (non-hydrogen) atoms. The fraction of sp³-hybridized carbons (Fsp3) is 0.714. The van der Waals surface area contributed by atoms with Crippen LogP contribution in [0.3, 0.4) is 0 Å². The minimum atomic E-state index is -0.426. The lowest BCUT2D eigenvalue weighted by Gasteiger charge is -2.12. The first-order valence-electron chi connectivity index (χ1n) is 7.64. The van der Waals surface area contributed by atoms with Gasteiger partial charge in [-0.3, -0.25) is 0 Å². The predicted octanol–water partition coefficient (Wildman–Crippen LogP) is 1.14. The lowest BCUT2D eigenvalue weighted by molar-refractivity contribution is 0.0603. The van der Waals surface area contributed by atoms with Crippen molar-refractivity contribution in [3.05, 3.63) is 5.56 Å². The molecule has 1 aromatic heterocycles. The van der Waals surface area contributed by atoms with Crippen molar-refractivity contribution in [2.24, 2.45) is 0 Å². The molecule has 1 aliphatic carbocycles. The lowest BCUT2D eigenvalue weighted by Crippen LogP contribution is -2.23. The molecule has 116 valence electrons. The molecule has 1 unspecified atom stereocenters. The molecule has 1 aromatic rings. The minimum Gasteiger partial charge on any atom is -0.465 e. The van der Waals surface area contributed by atoms with E-state index in [0.29, 0.717) is 23.2 Å². The Bertz CT molecular complexity index is 516. The predicted molar refractivity (Wildman–Crippen MR) is 80.4 cm³/mol. The van der Waals surface area contributed by atoms with Crippen LogP contribution < -0.4 is 16.4 Å². The molecule has 3 rings (SSSR count). The molecule has 1 aliphatic heterocycles. The Morgan fingerprint density at radius 3 is 2.81 bits per heavy atom. The first-order valence-corrected chi connectivity index (χ1v) is 7.64. The molecule has 1 saturated carbocycles.